The SMILES string of the molecule is COc1ccc(NC(=O)CN2CCC(C(=O)NCCC(C)C)CC2)cc1OC. The Balaban J connectivity index is 1.75. The van der Waals surface area contributed by atoms with Crippen molar-refractivity contribution in [2.75, 3.05) is 45.7 Å². The summed E-state index contributed by atoms with van der Waals surface area (Å²) < 4.78 is 10.5. The fourth-order valence-electron chi connectivity index (χ4n) is 3.30. The first-order chi connectivity index (χ1) is 13.4. The molecule has 156 valence electrons. The van der Waals surface area contributed by atoms with Gasteiger partial charge in [-0.05, 0) is 50.4 Å². The zero-order valence-electron chi connectivity index (χ0n) is 17.4. The lowest BCUT2D eigenvalue weighted by Crippen LogP contribution is -2.43. The van der Waals surface area contributed by atoms with Gasteiger partial charge in [0.1, 0.15) is 0 Å². The molecule has 1 aliphatic rings. The van der Waals surface area contributed by atoms with Gasteiger partial charge < -0.3 is 20.1 Å². The molecule has 1 saturated heterocycles. The Morgan fingerprint density at radius 3 is 2.43 bits per heavy atom. The predicted octanol–water partition coefficient (Wildman–Crippen LogP) is 2.52. The Labute approximate surface area is 167 Å². The van der Waals surface area contributed by atoms with Crippen molar-refractivity contribution in [1.29, 1.82) is 0 Å². The van der Waals surface area contributed by atoms with Crippen LogP contribution in [0.1, 0.15) is 33.1 Å². The third-order valence-electron chi connectivity index (χ3n) is 5.01. The van der Waals surface area contributed by atoms with Gasteiger partial charge in [-0.3, -0.25) is 14.5 Å². The molecule has 2 rings (SSSR count). The summed E-state index contributed by atoms with van der Waals surface area (Å²) in [6, 6.07) is 5.29. The standard InChI is InChI=1S/C21H33N3O4/c1-15(2)7-10-22-21(26)16-8-11-24(12-9-16)14-20(25)23-17-5-6-18(27-3)19(13-17)28-4/h5-6,13,15-16H,7-12,14H2,1-4H3,(H,22,26)(H,23,25). The highest BCUT2D eigenvalue weighted by Crippen LogP contribution is 2.29. The number of nitrogens with zero attached hydrogens (tertiary/aromatic N) is 1. The van der Waals surface area contributed by atoms with Gasteiger partial charge in [0.05, 0.1) is 20.8 Å². The molecule has 0 spiro atoms. The van der Waals surface area contributed by atoms with Crippen molar-refractivity contribution in [2.24, 2.45) is 11.8 Å². The van der Waals surface area contributed by atoms with E-state index < -0.39 is 0 Å². The zero-order valence-corrected chi connectivity index (χ0v) is 17.4. The maximum atomic E-state index is 12.4. The minimum atomic E-state index is -0.0768. The smallest absolute Gasteiger partial charge is 0.238 e. The molecule has 0 unspecified atom stereocenters. The van der Waals surface area contributed by atoms with Crippen LogP contribution in [0.25, 0.3) is 0 Å². The van der Waals surface area contributed by atoms with Crippen LogP contribution in [0.15, 0.2) is 18.2 Å². The topological polar surface area (TPSA) is 79.9 Å². The number of anilines is 1. The summed E-state index contributed by atoms with van der Waals surface area (Å²) in [5.74, 6) is 1.91. The first-order valence-corrected chi connectivity index (χ1v) is 9.94. The van der Waals surface area contributed by atoms with E-state index in [-0.39, 0.29) is 17.7 Å². The lowest BCUT2D eigenvalue weighted by molar-refractivity contribution is -0.126. The van der Waals surface area contributed by atoms with Crippen molar-refractivity contribution < 1.29 is 19.1 Å². The molecule has 2 N–H and O–H groups in total. The van der Waals surface area contributed by atoms with Crippen molar-refractivity contribution in [3.8, 4) is 11.5 Å². The normalized spacial score (nSPS) is 15.3. The van der Waals surface area contributed by atoms with E-state index in [1.165, 1.54) is 0 Å². The molecule has 1 heterocycles. The van der Waals surface area contributed by atoms with Crippen LogP contribution in [-0.4, -0.2) is 57.1 Å². The third-order valence-corrected chi connectivity index (χ3v) is 5.01. The van der Waals surface area contributed by atoms with Crippen LogP contribution < -0.4 is 20.1 Å². The highest BCUT2D eigenvalue weighted by Gasteiger charge is 2.25. The highest BCUT2D eigenvalue weighted by atomic mass is 16.5. The van der Waals surface area contributed by atoms with Gasteiger partial charge in [0.2, 0.25) is 11.8 Å². The lowest BCUT2D eigenvalue weighted by atomic mass is 9.95. The summed E-state index contributed by atoms with van der Waals surface area (Å²) in [5.41, 5.74) is 0.669. The molecule has 0 bridgehead atoms. The maximum Gasteiger partial charge on any atom is 0.238 e. The predicted molar refractivity (Wildman–Crippen MR) is 110 cm³/mol. The fourth-order valence-corrected chi connectivity index (χ4v) is 3.30. The molecule has 1 aromatic carbocycles. The fraction of sp³-hybridized carbons (Fsp3) is 0.619. The van der Waals surface area contributed by atoms with Crippen LogP contribution in [0.4, 0.5) is 5.69 Å². The largest absolute Gasteiger partial charge is 0.493 e. The Hall–Kier alpha value is -2.28. The average Bonchev–Trinajstić information content (AvgIpc) is 2.68. The lowest BCUT2D eigenvalue weighted by Gasteiger charge is -2.30. The highest BCUT2D eigenvalue weighted by molar-refractivity contribution is 5.92. The van der Waals surface area contributed by atoms with Crippen molar-refractivity contribution in [1.82, 2.24) is 10.2 Å². The number of rotatable bonds is 9. The van der Waals surface area contributed by atoms with Crippen molar-refractivity contribution in [3.05, 3.63) is 18.2 Å². The first-order valence-electron chi connectivity index (χ1n) is 9.94. The monoisotopic (exact) mass is 391 g/mol. The number of benzene rings is 1. The second-order valence-electron chi connectivity index (χ2n) is 7.64. The number of carbonyl (C=O) groups is 2. The second kappa shape index (κ2) is 10.9. The van der Waals surface area contributed by atoms with E-state index in [1.807, 2.05) is 0 Å². The van der Waals surface area contributed by atoms with Crippen LogP contribution >= 0.6 is 0 Å². The van der Waals surface area contributed by atoms with Crippen LogP contribution in [0.5, 0.6) is 11.5 Å². The van der Waals surface area contributed by atoms with E-state index in [1.54, 1.807) is 32.4 Å². The number of likely N-dealkylation sites (tertiary alicyclic amines) is 1. The minimum Gasteiger partial charge on any atom is -0.493 e. The van der Waals surface area contributed by atoms with Gasteiger partial charge in [0, 0.05) is 24.2 Å². The van der Waals surface area contributed by atoms with Gasteiger partial charge in [-0.2, -0.15) is 0 Å². The molecule has 1 aliphatic heterocycles. The van der Waals surface area contributed by atoms with Crippen LogP contribution in [0.2, 0.25) is 0 Å². The number of piperidine rings is 1. The number of hydrogen-bond acceptors (Lipinski definition) is 5. The number of carbonyl (C=O) groups excluding carboxylic acids is 2. The maximum absolute atomic E-state index is 12.4. The Morgan fingerprint density at radius 2 is 1.82 bits per heavy atom. The van der Waals surface area contributed by atoms with Crippen LogP contribution in [0, 0.1) is 11.8 Å². The summed E-state index contributed by atoms with van der Waals surface area (Å²) in [7, 11) is 3.14. The van der Waals surface area contributed by atoms with E-state index in [2.05, 4.69) is 29.4 Å². The molecule has 7 nitrogen and oxygen atoms in total. The van der Waals surface area contributed by atoms with E-state index in [0.717, 1.165) is 38.9 Å². The van der Waals surface area contributed by atoms with Crippen molar-refractivity contribution >= 4 is 17.5 Å². The molecule has 0 aliphatic carbocycles. The van der Waals surface area contributed by atoms with Gasteiger partial charge in [-0.15, -0.1) is 0 Å². The van der Waals surface area contributed by atoms with Gasteiger partial charge >= 0.3 is 0 Å². The van der Waals surface area contributed by atoms with Gasteiger partial charge in [-0.25, -0.2) is 0 Å². The van der Waals surface area contributed by atoms with Crippen molar-refractivity contribution in [2.45, 2.75) is 33.1 Å². The molecule has 0 radical (unpaired) electrons. The molecule has 0 atom stereocenters. The van der Waals surface area contributed by atoms with Crippen LogP contribution in [-0.2, 0) is 9.59 Å². The molecule has 7 heteroatoms. The third kappa shape index (κ3) is 6.71. The summed E-state index contributed by atoms with van der Waals surface area (Å²) >= 11 is 0. The quantitative estimate of drug-likeness (QED) is 0.676. The summed E-state index contributed by atoms with van der Waals surface area (Å²) in [6.07, 6.45) is 2.58. The van der Waals surface area contributed by atoms with Crippen LogP contribution in [0.3, 0.4) is 0 Å². The molecule has 1 fully saturated rings. The molecule has 28 heavy (non-hydrogen) atoms. The average molecular weight is 392 g/mol. The van der Waals surface area contributed by atoms with Crippen molar-refractivity contribution in [3.63, 3.8) is 0 Å². The van der Waals surface area contributed by atoms with Gasteiger partial charge in [0.25, 0.3) is 0 Å². The minimum absolute atomic E-state index is 0.0531. The summed E-state index contributed by atoms with van der Waals surface area (Å²) in [5, 5.41) is 5.93. The van der Waals surface area contributed by atoms with E-state index in [9.17, 15) is 9.59 Å². The first kappa shape index (κ1) is 22.0. The number of hydrogen-bond donors (Lipinski definition) is 2. The Kier molecular flexibility index (Phi) is 8.57. The Bertz CT molecular complexity index is 655. The second-order valence-corrected chi connectivity index (χ2v) is 7.64. The molecular formula is C21H33N3O4. The van der Waals surface area contributed by atoms with Gasteiger partial charge in [0.15, 0.2) is 11.5 Å². The number of amides is 2. The number of methoxy groups -OCH3 is 2. The molecule has 2 amide bonds. The number of ether oxygens (including phenoxy) is 2. The zero-order chi connectivity index (χ0) is 20.5. The van der Waals surface area contributed by atoms with E-state index in [4.69, 9.17) is 9.47 Å². The summed E-state index contributed by atoms with van der Waals surface area (Å²) in [4.78, 5) is 26.7. The Morgan fingerprint density at radius 1 is 1.14 bits per heavy atom. The van der Waals surface area contributed by atoms with E-state index >= 15 is 0 Å². The molecule has 0 aromatic heterocycles. The summed E-state index contributed by atoms with van der Waals surface area (Å²) in [6.45, 7) is 6.86. The molecular weight excluding hydrogens is 358 g/mol. The van der Waals surface area contributed by atoms with E-state index in [0.29, 0.717) is 29.6 Å². The molecule has 0 saturated carbocycles. The van der Waals surface area contributed by atoms with Gasteiger partial charge in [-0.1, -0.05) is 13.8 Å². The number of nitrogens with one attached hydrogen (secondary N) is 2. The molecule has 1 aromatic rings.